The van der Waals surface area contributed by atoms with Crippen LogP contribution in [0.2, 0.25) is 0 Å². The van der Waals surface area contributed by atoms with Gasteiger partial charge in [0.25, 0.3) is 0 Å². The van der Waals surface area contributed by atoms with Crippen LogP contribution >= 0.6 is 11.8 Å². The van der Waals surface area contributed by atoms with Gasteiger partial charge in [0, 0.05) is 26.0 Å². The number of nitriles is 1. The molecule has 0 saturated carbocycles. The van der Waals surface area contributed by atoms with Crippen molar-refractivity contribution in [3.63, 3.8) is 0 Å². The van der Waals surface area contributed by atoms with E-state index >= 15 is 0 Å². The molecule has 0 bridgehead atoms. The first-order valence-electron chi connectivity index (χ1n) is 7.33. The number of thioether (sulfide) groups is 1. The topological polar surface area (TPSA) is 64.8 Å². The zero-order chi connectivity index (χ0) is 17.4. The lowest BCUT2D eigenvalue weighted by Crippen LogP contribution is -2.07. The molecule has 5 nitrogen and oxygen atoms in total. The standard InChI is InChI=1S/C18H19N5S/c1-23(2)12-11-16-15(13-19)17(22-18(21-16)24-3)20-14-9-7-5-4-6-8-10-14/h4-12H,1-3H3,(H,20,21,22)/b5-4-,6-4?,7-5?,8-6-,9-7-,10-8?,12-11+,14-9?,14-10+. The molecule has 1 aromatic heterocycles. The number of nitrogens with zero attached hydrogens (tertiary/aromatic N) is 4. The van der Waals surface area contributed by atoms with Crippen LogP contribution in [-0.4, -0.2) is 35.2 Å². The fraction of sp³-hybridized carbons (Fsp3) is 0.167. The van der Waals surface area contributed by atoms with Crippen molar-refractivity contribution in [2.75, 3.05) is 25.7 Å². The molecule has 0 aliphatic heterocycles. The van der Waals surface area contributed by atoms with E-state index in [-0.39, 0.29) is 0 Å². The molecule has 1 heterocycles. The van der Waals surface area contributed by atoms with Crippen LogP contribution in [0, 0.1) is 11.3 Å². The van der Waals surface area contributed by atoms with Crippen molar-refractivity contribution in [2.45, 2.75) is 5.16 Å². The molecular formula is C18H19N5S. The summed E-state index contributed by atoms with van der Waals surface area (Å²) >= 11 is 1.44. The second kappa shape index (κ2) is 8.75. The molecule has 0 aromatic carbocycles. The highest BCUT2D eigenvalue weighted by Crippen LogP contribution is 2.23. The first-order valence-corrected chi connectivity index (χ1v) is 8.56. The molecule has 0 spiro atoms. The number of nitrogens with one attached hydrogen (secondary N) is 1. The van der Waals surface area contributed by atoms with Crippen LogP contribution in [0.4, 0.5) is 5.82 Å². The lowest BCUT2D eigenvalue weighted by atomic mass is 10.2. The molecule has 6 heteroatoms. The molecule has 0 amide bonds. The maximum atomic E-state index is 9.57. The van der Waals surface area contributed by atoms with Crippen molar-refractivity contribution in [1.82, 2.24) is 14.9 Å². The highest BCUT2D eigenvalue weighted by atomic mass is 32.2. The highest BCUT2D eigenvalue weighted by Gasteiger charge is 2.13. The van der Waals surface area contributed by atoms with Gasteiger partial charge < -0.3 is 10.2 Å². The Morgan fingerprint density at radius 3 is 2.62 bits per heavy atom. The van der Waals surface area contributed by atoms with Gasteiger partial charge in [0.05, 0.1) is 5.69 Å². The predicted octanol–water partition coefficient (Wildman–Crippen LogP) is 3.58. The lowest BCUT2D eigenvalue weighted by Gasteiger charge is -2.12. The van der Waals surface area contributed by atoms with Crippen LogP contribution < -0.4 is 5.32 Å². The Morgan fingerprint density at radius 1 is 1.17 bits per heavy atom. The zero-order valence-corrected chi connectivity index (χ0v) is 14.7. The summed E-state index contributed by atoms with van der Waals surface area (Å²) in [4.78, 5) is 10.8. The predicted molar refractivity (Wildman–Crippen MR) is 100 cm³/mol. The SMILES string of the molecule is CSc1nc(/C=C/N(C)C)c(C#N)c(NC2=C/C=C\C=C/C=C\2)n1. The van der Waals surface area contributed by atoms with Crippen LogP contribution in [0.5, 0.6) is 0 Å². The largest absolute Gasteiger partial charge is 0.383 e. The minimum Gasteiger partial charge on any atom is -0.383 e. The van der Waals surface area contributed by atoms with Crippen molar-refractivity contribution < 1.29 is 0 Å². The third-order valence-electron chi connectivity index (χ3n) is 3.00. The van der Waals surface area contributed by atoms with Gasteiger partial charge in [-0.15, -0.1) is 0 Å². The summed E-state index contributed by atoms with van der Waals surface area (Å²) < 4.78 is 0. The zero-order valence-electron chi connectivity index (χ0n) is 13.9. The van der Waals surface area contributed by atoms with Gasteiger partial charge in [0.1, 0.15) is 11.6 Å². The minimum atomic E-state index is 0.418. The van der Waals surface area contributed by atoms with E-state index in [1.54, 1.807) is 0 Å². The molecule has 0 fully saturated rings. The Kier molecular flexibility index (Phi) is 6.41. The minimum absolute atomic E-state index is 0.418. The molecule has 0 saturated heterocycles. The Labute approximate surface area is 146 Å². The molecule has 1 aliphatic rings. The fourth-order valence-corrected chi connectivity index (χ4v) is 2.25. The molecule has 0 atom stereocenters. The average Bonchev–Trinajstić information content (AvgIpc) is 2.54. The van der Waals surface area contributed by atoms with Gasteiger partial charge >= 0.3 is 0 Å². The van der Waals surface area contributed by atoms with Crippen LogP contribution in [0.25, 0.3) is 6.08 Å². The fourth-order valence-electron chi connectivity index (χ4n) is 1.88. The summed E-state index contributed by atoms with van der Waals surface area (Å²) in [5.41, 5.74) is 1.86. The van der Waals surface area contributed by atoms with E-state index in [4.69, 9.17) is 0 Å². The summed E-state index contributed by atoms with van der Waals surface area (Å²) in [5, 5.41) is 13.4. The monoisotopic (exact) mass is 337 g/mol. The molecule has 24 heavy (non-hydrogen) atoms. The van der Waals surface area contributed by atoms with Gasteiger partial charge in [0.2, 0.25) is 0 Å². The second-order valence-electron chi connectivity index (χ2n) is 5.09. The first kappa shape index (κ1) is 17.6. The van der Waals surface area contributed by atoms with E-state index in [1.807, 2.05) is 80.1 Å². The number of allylic oxidation sites excluding steroid dienone is 7. The van der Waals surface area contributed by atoms with Crippen LogP contribution in [0.15, 0.2) is 59.6 Å². The normalized spacial score (nSPS) is 19.5. The maximum absolute atomic E-state index is 9.57. The van der Waals surface area contributed by atoms with Crippen molar-refractivity contribution in [3.8, 4) is 6.07 Å². The summed E-state index contributed by atoms with van der Waals surface area (Å²) in [6.07, 6.45) is 19.1. The van der Waals surface area contributed by atoms with Gasteiger partial charge in [-0.05, 0) is 24.5 Å². The third-order valence-corrected chi connectivity index (χ3v) is 3.55. The first-order chi connectivity index (χ1) is 11.6. The third kappa shape index (κ3) is 4.86. The Balaban J connectivity index is 2.44. The number of hydrogen-bond acceptors (Lipinski definition) is 6. The smallest absolute Gasteiger partial charge is 0.189 e. The second-order valence-corrected chi connectivity index (χ2v) is 5.86. The van der Waals surface area contributed by atoms with Crippen LogP contribution in [0.1, 0.15) is 11.3 Å². The van der Waals surface area contributed by atoms with Gasteiger partial charge in [-0.3, -0.25) is 0 Å². The maximum Gasteiger partial charge on any atom is 0.189 e. The number of aromatic nitrogens is 2. The molecule has 1 N–H and O–H groups in total. The summed E-state index contributed by atoms with van der Waals surface area (Å²) in [6, 6.07) is 2.21. The molecule has 0 radical (unpaired) electrons. The summed E-state index contributed by atoms with van der Waals surface area (Å²) in [7, 11) is 3.84. The quantitative estimate of drug-likeness (QED) is 0.654. The van der Waals surface area contributed by atoms with Crippen LogP contribution in [-0.2, 0) is 0 Å². The van der Waals surface area contributed by atoms with Crippen molar-refractivity contribution in [1.29, 1.82) is 5.26 Å². The Morgan fingerprint density at radius 2 is 1.92 bits per heavy atom. The van der Waals surface area contributed by atoms with Crippen molar-refractivity contribution in [3.05, 3.63) is 65.7 Å². The van der Waals surface area contributed by atoms with Crippen molar-refractivity contribution >= 4 is 23.7 Å². The highest BCUT2D eigenvalue weighted by molar-refractivity contribution is 7.98. The Bertz CT molecular complexity index is 779. The number of hydrogen-bond donors (Lipinski definition) is 1. The van der Waals surface area contributed by atoms with E-state index < -0.39 is 0 Å². The summed E-state index contributed by atoms with van der Waals surface area (Å²) in [5.74, 6) is 0.504. The number of anilines is 1. The van der Waals surface area contributed by atoms with Crippen molar-refractivity contribution in [2.24, 2.45) is 0 Å². The number of rotatable bonds is 5. The van der Waals surface area contributed by atoms with Gasteiger partial charge in [0.15, 0.2) is 11.0 Å². The van der Waals surface area contributed by atoms with E-state index in [0.717, 1.165) is 5.70 Å². The van der Waals surface area contributed by atoms with E-state index in [9.17, 15) is 5.26 Å². The molecular weight excluding hydrogens is 318 g/mol. The molecule has 2 rings (SSSR count). The van der Waals surface area contributed by atoms with Gasteiger partial charge in [-0.1, -0.05) is 42.1 Å². The molecule has 122 valence electrons. The Hall–Kier alpha value is -2.78. The van der Waals surface area contributed by atoms with E-state index in [0.29, 0.717) is 22.2 Å². The molecule has 0 unspecified atom stereocenters. The summed E-state index contributed by atoms with van der Waals surface area (Å²) in [6.45, 7) is 0. The van der Waals surface area contributed by atoms with E-state index in [2.05, 4.69) is 21.4 Å². The van der Waals surface area contributed by atoms with Gasteiger partial charge in [-0.25, -0.2) is 9.97 Å². The molecule has 1 aromatic rings. The average molecular weight is 337 g/mol. The van der Waals surface area contributed by atoms with Crippen LogP contribution in [0.3, 0.4) is 0 Å². The lowest BCUT2D eigenvalue weighted by molar-refractivity contribution is 0.567. The van der Waals surface area contributed by atoms with Gasteiger partial charge in [-0.2, -0.15) is 5.26 Å². The molecule has 1 aliphatic carbocycles. The van der Waals surface area contributed by atoms with E-state index in [1.165, 1.54) is 11.8 Å².